The fourth-order valence-corrected chi connectivity index (χ4v) is 6.20. The van der Waals surface area contributed by atoms with E-state index in [9.17, 15) is 19.1 Å². The Labute approximate surface area is 251 Å². The third-order valence-electron chi connectivity index (χ3n) is 7.55. The zero-order valence-corrected chi connectivity index (χ0v) is 25.2. The Morgan fingerprint density at radius 3 is 2.65 bits per heavy atom. The van der Waals surface area contributed by atoms with Crippen LogP contribution < -0.4 is 10.6 Å². The second-order valence-electron chi connectivity index (χ2n) is 10.7. The van der Waals surface area contributed by atoms with Gasteiger partial charge in [-0.25, -0.2) is 23.1 Å². The normalized spacial score (nSPS) is 15.4. The van der Waals surface area contributed by atoms with E-state index in [1.807, 2.05) is 31.9 Å². The van der Waals surface area contributed by atoms with Crippen molar-refractivity contribution in [3.05, 3.63) is 82.6 Å². The van der Waals surface area contributed by atoms with E-state index in [0.717, 1.165) is 11.6 Å². The molecular weight excluding hydrogens is 574 g/mol. The van der Waals surface area contributed by atoms with E-state index in [-0.39, 0.29) is 34.7 Å². The number of nitrogens with zero attached hydrogens (tertiary/aromatic N) is 6. The van der Waals surface area contributed by atoms with Gasteiger partial charge in [-0.05, 0) is 55.0 Å². The monoisotopic (exact) mass is 606 g/mol. The third-order valence-corrected chi connectivity index (χ3v) is 8.27. The van der Waals surface area contributed by atoms with Crippen molar-refractivity contribution in [2.45, 2.75) is 32.7 Å². The molecule has 0 bridgehead atoms. The number of benzene rings is 1. The number of hydrogen-bond acceptors (Lipinski definition) is 8. The first kappa shape index (κ1) is 30.1. The van der Waals surface area contributed by atoms with Crippen LogP contribution in [0.15, 0.2) is 54.0 Å². The maximum Gasteiger partial charge on any atom is 0.355 e. The highest BCUT2D eigenvalue weighted by atomic mass is 32.2. The summed E-state index contributed by atoms with van der Waals surface area (Å²) in [5, 5.41) is 10.7. The van der Waals surface area contributed by atoms with Gasteiger partial charge in [0.15, 0.2) is 11.5 Å². The summed E-state index contributed by atoms with van der Waals surface area (Å²) in [6.45, 7) is 10.3. The molecule has 12 heteroatoms. The van der Waals surface area contributed by atoms with Crippen LogP contribution in [-0.2, 0) is 4.79 Å². The fraction of sp³-hybridized carbons (Fsp3) is 0.323. The Morgan fingerprint density at radius 2 is 1.98 bits per heavy atom. The van der Waals surface area contributed by atoms with Gasteiger partial charge in [0, 0.05) is 31.6 Å². The fourth-order valence-electron chi connectivity index (χ4n) is 5.53. The zero-order chi connectivity index (χ0) is 31.0. The van der Waals surface area contributed by atoms with Crippen molar-refractivity contribution in [2.75, 3.05) is 36.5 Å². The Kier molecular flexibility index (Phi) is 8.50. The molecule has 9 nitrogen and oxygen atoms in total. The number of halogens is 2. The molecule has 5 rings (SSSR count). The minimum absolute atomic E-state index is 0.0413. The molecule has 0 spiro atoms. The number of fused-ring (bicyclic) bond motifs is 1. The van der Waals surface area contributed by atoms with Crippen molar-refractivity contribution in [3.63, 3.8) is 0 Å². The largest absolute Gasteiger partial charge is 0.507 e. The van der Waals surface area contributed by atoms with E-state index in [0.29, 0.717) is 36.8 Å². The smallest absolute Gasteiger partial charge is 0.355 e. The highest BCUT2D eigenvalue weighted by Gasteiger charge is 2.33. The second kappa shape index (κ2) is 12.1. The van der Waals surface area contributed by atoms with Crippen LogP contribution in [0.3, 0.4) is 0 Å². The van der Waals surface area contributed by atoms with Gasteiger partial charge in [-0.3, -0.25) is 9.78 Å². The van der Waals surface area contributed by atoms with Crippen LogP contribution >= 0.6 is 11.8 Å². The molecule has 0 aliphatic carbocycles. The number of aryl methyl sites for hydroxylation is 1. The predicted octanol–water partition coefficient (Wildman–Crippen LogP) is 4.82. The van der Waals surface area contributed by atoms with Gasteiger partial charge >= 0.3 is 5.69 Å². The molecule has 224 valence electrons. The van der Waals surface area contributed by atoms with E-state index in [1.54, 1.807) is 28.9 Å². The quantitative estimate of drug-likeness (QED) is 0.299. The number of hydrogen-bond donors (Lipinski definition) is 1. The summed E-state index contributed by atoms with van der Waals surface area (Å²) >= 11 is 1.57. The first-order valence-electron chi connectivity index (χ1n) is 13.8. The standard InChI is InChI=1S/C31H32F2N6O3S/c1-6-24(41)37-12-13-38(19(15-37)16-43-5)29-20-14-22(33)27(25-21(32)8-7-9-23(25)40)35-30(20)39(31(42)36-29)28-18(4)10-11-34-26(28)17(2)3/h6-11,14,17,19,40H,1,12-13,15-16H2,2-5H3. The summed E-state index contributed by atoms with van der Waals surface area (Å²) in [7, 11) is 0. The van der Waals surface area contributed by atoms with E-state index >= 15 is 4.39 Å². The molecule has 4 aromatic rings. The maximum absolute atomic E-state index is 15.9. The molecule has 1 aliphatic heterocycles. The summed E-state index contributed by atoms with van der Waals surface area (Å²) in [5.74, 6) is -1.72. The summed E-state index contributed by atoms with van der Waals surface area (Å²) in [6.07, 6.45) is 4.85. The molecule has 1 fully saturated rings. The average Bonchev–Trinajstić information content (AvgIpc) is 2.97. The van der Waals surface area contributed by atoms with Crippen molar-refractivity contribution in [3.8, 4) is 22.7 Å². The van der Waals surface area contributed by atoms with Crippen molar-refractivity contribution < 1.29 is 18.7 Å². The number of thioether (sulfide) groups is 1. The van der Waals surface area contributed by atoms with Crippen LogP contribution in [0.2, 0.25) is 0 Å². The number of anilines is 1. The number of carbonyl (C=O) groups is 1. The number of carbonyl (C=O) groups excluding carboxylic acids is 1. The summed E-state index contributed by atoms with van der Waals surface area (Å²) < 4.78 is 32.2. The molecule has 1 saturated heterocycles. The van der Waals surface area contributed by atoms with Gasteiger partial charge in [-0.15, -0.1) is 0 Å². The van der Waals surface area contributed by atoms with E-state index in [2.05, 4.69) is 21.5 Å². The lowest BCUT2D eigenvalue weighted by Crippen LogP contribution is -2.56. The zero-order valence-electron chi connectivity index (χ0n) is 24.3. The van der Waals surface area contributed by atoms with Crippen LogP contribution in [0.25, 0.3) is 28.0 Å². The first-order chi connectivity index (χ1) is 20.6. The van der Waals surface area contributed by atoms with Crippen LogP contribution in [0, 0.1) is 18.6 Å². The molecule has 0 radical (unpaired) electrons. The lowest BCUT2D eigenvalue weighted by Gasteiger charge is -2.42. The van der Waals surface area contributed by atoms with Gasteiger partial charge in [-0.1, -0.05) is 26.5 Å². The molecule has 1 aromatic carbocycles. The lowest BCUT2D eigenvalue weighted by molar-refractivity contribution is -0.126. The second-order valence-corrected chi connectivity index (χ2v) is 11.6. The topological polar surface area (TPSA) is 104 Å². The number of aromatic hydroxyl groups is 1. The van der Waals surface area contributed by atoms with Crippen LogP contribution in [0.5, 0.6) is 5.75 Å². The molecule has 3 aromatic heterocycles. The minimum atomic E-state index is -0.893. The van der Waals surface area contributed by atoms with Crippen LogP contribution in [-0.4, -0.2) is 73.1 Å². The van der Waals surface area contributed by atoms with Gasteiger partial charge in [0.25, 0.3) is 0 Å². The van der Waals surface area contributed by atoms with E-state index in [4.69, 9.17) is 0 Å². The average molecular weight is 607 g/mol. The van der Waals surface area contributed by atoms with Crippen molar-refractivity contribution in [1.82, 2.24) is 24.4 Å². The number of piperazine rings is 1. The molecule has 1 amide bonds. The Morgan fingerprint density at radius 1 is 1.21 bits per heavy atom. The molecule has 4 heterocycles. The van der Waals surface area contributed by atoms with Crippen LogP contribution in [0.4, 0.5) is 14.6 Å². The molecule has 1 atom stereocenters. The molecule has 1 unspecified atom stereocenters. The number of phenolic OH excluding ortho intramolecular Hbond substituents is 1. The van der Waals surface area contributed by atoms with Gasteiger partial charge in [0.1, 0.15) is 23.1 Å². The number of aromatic nitrogens is 4. The summed E-state index contributed by atoms with van der Waals surface area (Å²) in [6, 6.07) is 6.34. The highest BCUT2D eigenvalue weighted by Crippen LogP contribution is 2.37. The molecular formula is C31H32F2N6O3S. The minimum Gasteiger partial charge on any atom is -0.507 e. The predicted molar refractivity (Wildman–Crippen MR) is 165 cm³/mol. The van der Waals surface area contributed by atoms with Gasteiger partial charge in [-0.2, -0.15) is 16.7 Å². The van der Waals surface area contributed by atoms with Crippen molar-refractivity contribution in [2.24, 2.45) is 0 Å². The van der Waals surface area contributed by atoms with Crippen molar-refractivity contribution >= 4 is 34.5 Å². The molecule has 43 heavy (non-hydrogen) atoms. The Balaban J connectivity index is 1.84. The number of rotatable bonds is 7. The highest BCUT2D eigenvalue weighted by molar-refractivity contribution is 7.98. The maximum atomic E-state index is 15.9. The van der Waals surface area contributed by atoms with Crippen LogP contribution in [0.1, 0.15) is 31.0 Å². The molecule has 1 N–H and O–H groups in total. The van der Waals surface area contributed by atoms with Gasteiger partial charge < -0.3 is 14.9 Å². The third kappa shape index (κ3) is 5.47. The number of phenols is 1. The summed E-state index contributed by atoms with van der Waals surface area (Å²) in [5.41, 5.74) is 0.295. The Bertz CT molecular complexity index is 1770. The first-order valence-corrected chi connectivity index (χ1v) is 15.2. The van der Waals surface area contributed by atoms with Gasteiger partial charge in [0.05, 0.1) is 28.4 Å². The van der Waals surface area contributed by atoms with Crippen molar-refractivity contribution in [1.29, 1.82) is 0 Å². The molecule has 1 aliphatic rings. The van der Waals surface area contributed by atoms with E-state index in [1.165, 1.54) is 28.8 Å². The number of amides is 1. The number of pyridine rings is 2. The SMILES string of the molecule is C=CC(=O)N1CCN(c2nc(=O)n(-c3c(C)ccnc3C(C)C)c3nc(-c4c(O)cccc4F)c(F)cc23)C(CSC)C1. The molecule has 0 saturated carbocycles. The summed E-state index contributed by atoms with van der Waals surface area (Å²) in [4.78, 5) is 43.6. The lowest BCUT2D eigenvalue weighted by atomic mass is 10.0. The van der Waals surface area contributed by atoms with E-state index < -0.39 is 34.3 Å². The van der Waals surface area contributed by atoms with Gasteiger partial charge in [0.2, 0.25) is 5.91 Å². The Hall–Kier alpha value is -4.32.